The van der Waals surface area contributed by atoms with E-state index in [1.54, 1.807) is 0 Å². The van der Waals surface area contributed by atoms with Crippen LogP contribution in [-0.4, -0.2) is 5.66 Å². The first-order valence-electron chi connectivity index (χ1n) is 9.46. The number of anilines is 2. The fourth-order valence-corrected chi connectivity index (χ4v) is 4.56. The minimum absolute atomic E-state index is 0.0505. The van der Waals surface area contributed by atoms with Crippen LogP contribution in [0.3, 0.4) is 0 Å². The molecule has 0 saturated heterocycles. The monoisotopic (exact) mass is 324 g/mol. The predicted molar refractivity (Wildman–Crippen MR) is 107 cm³/mol. The van der Waals surface area contributed by atoms with Gasteiger partial charge in [0.2, 0.25) is 0 Å². The summed E-state index contributed by atoms with van der Waals surface area (Å²) in [6.45, 7) is 11.7. The van der Waals surface area contributed by atoms with Crippen molar-refractivity contribution >= 4 is 22.1 Å². The van der Waals surface area contributed by atoms with E-state index in [9.17, 15) is 0 Å². The molecule has 24 heavy (non-hydrogen) atoms. The summed E-state index contributed by atoms with van der Waals surface area (Å²) >= 11 is 0. The molecular formula is C22H32N2. The minimum atomic E-state index is -0.0505. The third-order valence-corrected chi connectivity index (χ3v) is 4.98. The van der Waals surface area contributed by atoms with Crippen LogP contribution in [0.15, 0.2) is 36.4 Å². The molecule has 2 N–H and O–H groups in total. The van der Waals surface area contributed by atoms with Crippen molar-refractivity contribution in [3.8, 4) is 0 Å². The molecule has 1 atom stereocenters. The molecule has 0 amide bonds. The molecule has 0 aliphatic carbocycles. The van der Waals surface area contributed by atoms with Gasteiger partial charge in [0, 0.05) is 16.8 Å². The first-order chi connectivity index (χ1) is 11.4. The van der Waals surface area contributed by atoms with E-state index in [4.69, 9.17) is 0 Å². The standard InChI is InChI=1S/C22H32N2/c1-15(2)12-17(5)14-22(13-16(3)4)23-19-10-6-8-18-9-7-11-20(24-22)21(18)19/h6-11,15-17,23-24H,12-14H2,1-5H3. The summed E-state index contributed by atoms with van der Waals surface area (Å²) in [7, 11) is 0. The van der Waals surface area contributed by atoms with Gasteiger partial charge in [-0.25, -0.2) is 0 Å². The maximum Gasteiger partial charge on any atom is 0.108 e. The largest absolute Gasteiger partial charge is 0.362 e. The Morgan fingerprint density at radius 2 is 1.38 bits per heavy atom. The van der Waals surface area contributed by atoms with Crippen LogP contribution in [0.2, 0.25) is 0 Å². The molecular weight excluding hydrogens is 292 g/mol. The normalized spacial score (nSPS) is 17.0. The van der Waals surface area contributed by atoms with Gasteiger partial charge in [-0.05, 0) is 54.5 Å². The highest BCUT2D eigenvalue weighted by Gasteiger charge is 2.36. The van der Waals surface area contributed by atoms with Gasteiger partial charge in [0.15, 0.2) is 0 Å². The van der Waals surface area contributed by atoms with Crippen molar-refractivity contribution in [2.45, 2.75) is 59.5 Å². The smallest absolute Gasteiger partial charge is 0.108 e. The Balaban J connectivity index is 1.96. The lowest BCUT2D eigenvalue weighted by Gasteiger charge is -2.44. The van der Waals surface area contributed by atoms with Gasteiger partial charge in [-0.2, -0.15) is 0 Å². The van der Waals surface area contributed by atoms with E-state index in [1.807, 2.05) is 0 Å². The fourth-order valence-electron chi connectivity index (χ4n) is 4.56. The average molecular weight is 325 g/mol. The van der Waals surface area contributed by atoms with Crippen molar-refractivity contribution in [2.75, 3.05) is 10.6 Å². The molecule has 0 fully saturated rings. The Kier molecular flexibility index (Phi) is 4.76. The number of hydrogen-bond donors (Lipinski definition) is 2. The first kappa shape index (κ1) is 17.1. The van der Waals surface area contributed by atoms with E-state index in [0.29, 0.717) is 11.8 Å². The molecule has 2 aromatic rings. The SMILES string of the molecule is CC(C)CC(C)CC1(CC(C)C)Nc2cccc3cccc(c23)N1. The summed E-state index contributed by atoms with van der Waals surface area (Å²) in [6.07, 6.45) is 3.54. The third kappa shape index (κ3) is 3.53. The van der Waals surface area contributed by atoms with Gasteiger partial charge in [-0.3, -0.25) is 0 Å². The maximum absolute atomic E-state index is 3.90. The van der Waals surface area contributed by atoms with E-state index >= 15 is 0 Å². The first-order valence-corrected chi connectivity index (χ1v) is 9.46. The van der Waals surface area contributed by atoms with Crippen LogP contribution in [0.25, 0.3) is 10.8 Å². The molecule has 0 spiro atoms. The Morgan fingerprint density at radius 3 is 1.88 bits per heavy atom. The lowest BCUT2D eigenvalue weighted by atomic mass is 9.83. The number of nitrogens with one attached hydrogen (secondary N) is 2. The van der Waals surface area contributed by atoms with E-state index in [-0.39, 0.29) is 5.66 Å². The van der Waals surface area contributed by atoms with Crippen molar-refractivity contribution in [1.82, 2.24) is 0 Å². The predicted octanol–water partition coefficient (Wildman–Crippen LogP) is 6.49. The number of rotatable bonds is 6. The Bertz CT molecular complexity index is 661. The van der Waals surface area contributed by atoms with Crippen LogP contribution in [0, 0.1) is 17.8 Å². The molecule has 0 aromatic heterocycles. The van der Waals surface area contributed by atoms with Gasteiger partial charge < -0.3 is 10.6 Å². The highest BCUT2D eigenvalue weighted by molar-refractivity contribution is 6.05. The number of benzene rings is 2. The fraction of sp³-hybridized carbons (Fsp3) is 0.545. The second-order valence-electron chi connectivity index (χ2n) is 8.58. The molecule has 0 bridgehead atoms. The van der Waals surface area contributed by atoms with Crippen LogP contribution in [0.5, 0.6) is 0 Å². The average Bonchev–Trinajstić information content (AvgIpc) is 2.45. The molecule has 1 unspecified atom stereocenters. The van der Waals surface area contributed by atoms with Crippen molar-refractivity contribution in [2.24, 2.45) is 17.8 Å². The van der Waals surface area contributed by atoms with Crippen molar-refractivity contribution in [1.29, 1.82) is 0 Å². The van der Waals surface area contributed by atoms with E-state index in [2.05, 4.69) is 81.7 Å². The quantitative estimate of drug-likeness (QED) is 0.634. The molecule has 1 heterocycles. The van der Waals surface area contributed by atoms with Crippen LogP contribution >= 0.6 is 0 Å². The molecule has 1 aliphatic rings. The van der Waals surface area contributed by atoms with Crippen molar-refractivity contribution in [3.63, 3.8) is 0 Å². The van der Waals surface area contributed by atoms with Gasteiger partial charge in [-0.1, -0.05) is 58.9 Å². The Morgan fingerprint density at radius 1 is 0.792 bits per heavy atom. The summed E-state index contributed by atoms with van der Waals surface area (Å²) in [4.78, 5) is 0. The molecule has 2 aromatic carbocycles. The van der Waals surface area contributed by atoms with Gasteiger partial charge in [0.25, 0.3) is 0 Å². The molecule has 2 nitrogen and oxygen atoms in total. The highest BCUT2D eigenvalue weighted by atomic mass is 15.2. The zero-order valence-corrected chi connectivity index (χ0v) is 15.8. The molecule has 1 aliphatic heterocycles. The highest BCUT2D eigenvalue weighted by Crippen LogP contribution is 2.42. The van der Waals surface area contributed by atoms with Gasteiger partial charge in [0.1, 0.15) is 5.66 Å². The summed E-state index contributed by atoms with van der Waals surface area (Å²) in [5.74, 6) is 2.07. The molecule has 0 saturated carbocycles. The van der Waals surface area contributed by atoms with E-state index in [1.165, 1.54) is 28.6 Å². The lowest BCUT2D eigenvalue weighted by molar-refractivity contribution is 0.303. The second kappa shape index (κ2) is 6.66. The van der Waals surface area contributed by atoms with Crippen LogP contribution in [-0.2, 0) is 0 Å². The van der Waals surface area contributed by atoms with Gasteiger partial charge in [0.05, 0.1) is 0 Å². The number of hydrogen-bond acceptors (Lipinski definition) is 2. The summed E-state index contributed by atoms with van der Waals surface area (Å²) in [5.41, 5.74) is 2.50. The Labute approximate surface area is 147 Å². The zero-order chi connectivity index (χ0) is 17.3. The topological polar surface area (TPSA) is 24.1 Å². The minimum Gasteiger partial charge on any atom is -0.362 e. The van der Waals surface area contributed by atoms with Gasteiger partial charge in [-0.15, -0.1) is 0 Å². The summed E-state index contributed by atoms with van der Waals surface area (Å²) in [6, 6.07) is 13.2. The molecule has 2 heteroatoms. The second-order valence-corrected chi connectivity index (χ2v) is 8.58. The zero-order valence-electron chi connectivity index (χ0n) is 15.8. The third-order valence-electron chi connectivity index (χ3n) is 4.98. The molecule has 130 valence electrons. The van der Waals surface area contributed by atoms with Crippen LogP contribution in [0.1, 0.15) is 53.9 Å². The van der Waals surface area contributed by atoms with E-state index < -0.39 is 0 Å². The van der Waals surface area contributed by atoms with E-state index in [0.717, 1.165) is 18.8 Å². The summed E-state index contributed by atoms with van der Waals surface area (Å²) in [5, 5.41) is 10.4. The summed E-state index contributed by atoms with van der Waals surface area (Å²) < 4.78 is 0. The maximum atomic E-state index is 3.90. The Hall–Kier alpha value is -1.70. The van der Waals surface area contributed by atoms with Crippen LogP contribution < -0.4 is 10.6 Å². The molecule has 3 rings (SSSR count). The van der Waals surface area contributed by atoms with Gasteiger partial charge >= 0.3 is 0 Å². The molecule has 0 radical (unpaired) electrons. The van der Waals surface area contributed by atoms with Crippen molar-refractivity contribution < 1.29 is 0 Å². The van der Waals surface area contributed by atoms with Crippen molar-refractivity contribution in [3.05, 3.63) is 36.4 Å². The van der Waals surface area contributed by atoms with Crippen LogP contribution in [0.4, 0.5) is 11.4 Å². The lowest BCUT2D eigenvalue weighted by Crippen LogP contribution is -2.50.